The van der Waals surface area contributed by atoms with Crippen LogP contribution in [0, 0.1) is 0 Å². The molecule has 0 radical (unpaired) electrons. The topological polar surface area (TPSA) is 76.0 Å². The van der Waals surface area contributed by atoms with Crippen molar-refractivity contribution in [1.29, 1.82) is 0 Å². The molecule has 0 aliphatic heterocycles. The van der Waals surface area contributed by atoms with E-state index >= 15 is 0 Å². The van der Waals surface area contributed by atoms with Gasteiger partial charge < -0.3 is 24.5 Å². The fourth-order valence-corrected chi connectivity index (χ4v) is 1.44. The summed E-state index contributed by atoms with van der Waals surface area (Å²) in [6.07, 6.45) is 0.800. The molecule has 0 aliphatic carbocycles. The van der Waals surface area contributed by atoms with Crippen molar-refractivity contribution in [1.82, 2.24) is 0 Å². The average Bonchev–Trinajstić information content (AvgIpc) is 2.36. The lowest BCUT2D eigenvalue weighted by Crippen LogP contribution is -2.28. The van der Waals surface area contributed by atoms with Crippen LogP contribution in [0.1, 0.15) is 12.5 Å². The van der Waals surface area contributed by atoms with Gasteiger partial charge in [0.05, 0.1) is 6.61 Å². The Morgan fingerprint density at radius 3 is 2.50 bits per heavy atom. The second-order valence-corrected chi connectivity index (χ2v) is 4.18. The van der Waals surface area contributed by atoms with Gasteiger partial charge in [0.2, 0.25) is 0 Å². The minimum Gasteiger partial charge on any atom is -0.491 e. The van der Waals surface area contributed by atoms with Gasteiger partial charge in [-0.25, -0.2) is 0 Å². The van der Waals surface area contributed by atoms with Gasteiger partial charge in [0.25, 0.3) is 0 Å². The summed E-state index contributed by atoms with van der Waals surface area (Å²) in [4.78, 5) is 10.6. The molecule has 0 bridgehead atoms. The van der Waals surface area contributed by atoms with Crippen LogP contribution in [0.25, 0.3) is 0 Å². The van der Waals surface area contributed by atoms with Crippen LogP contribution in [0.5, 0.6) is 5.75 Å². The van der Waals surface area contributed by atoms with Crippen LogP contribution in [-0.4, -0.2) is 42.1 Å². The highest BCUT2D eigenvalue weighted by atomic mass is 16.6. The van der Waals surface area contributed by atoms with E-state index in [2.05, 4.69) is 0 Å². The molecule has 5 heteroatoms. The molecular weight excluding hydrogens is 236 g/mol. The Hall–Kier alpha value is -1.43. The van der Waals surface area contributed by atoms with E-state index in [1.54, 1.807) is 24.3 Å². The van der Waals surface area contributed by atoms with E-state index in [4.69, 9.17) is 14.6 Å². The summed E-state index contributed by atoms with van der Waals surface area (Å²) in [5.74, 6) is 0.672. The Balaban J connectivity index is 2.45. The van der Waals surface area contributed by atoms with Gasteiger partial charge in [-0.3, -0.25) is 0 Å². The van der Waals surface area contributed by atoms with Gasteiger partial charge in [0.1, 0.15) is 24.8 Å². The van der Waals surface area contributed by atoms with Crippen LogP contribution in [0.4, 0.5) is 0 Å². The van der Waals surface area contributed by atoms with E-state index in [0.717, 1.165) is 5.56 Å². The molecule has 0 saturated heterocycles. The number of aliphatic hydroxyl groups is 2. The normalized spacial score (nSPS) is 13.9. The highest BCUT2D eigenvalue weighted by Gasteiger charge is 2.19. The molecule has 18 heavy (non-hydrogen) atoms. The fourth-order valence-electron chi connectivity index (χ4n) is 1.44. The number of aliphatic hydroxyl groups excluding tert-OH is 1. The standard InChI is InChI=1S/C13H18O5/c1-13(16,9-14)8-11-2-4-12(5-3-11)18-7-6-17-10-15/h2-5,9,15-16H,6-8,10H2,1H3. The minimum atomic E-state index is -1.34. The van der Waals surface area contributed by atoms with Crippen molar-refractivity contribution < 1.29 is 24.5 Å². The van der Waals surface area contributed by atoms with Crippen molar-refractivity contribution in [2.24, 2.45) is 0 Å². The SMILES string of the molecule is CC(O)(C=O)Cc1ccc(OCCOCO)cc1. The number of carbonyl (C=O) groups excluding carboxylic acids is 1. The monoisotopic (exact) mass is 254 g/mol. The zero-order valence-corrected chi connectivity index (χ0v) is 10.3. The lowest BCUT2D eigenvalue weighted by atomic mass is 9.98. The Labute approximate surface area is 106 Å². The third-order valence-electron chi connectivity index (χ3n) is 2.33. The van der Waals surface area contributed by atoms with Crippen LogP contribution in [0.3, 0.4) is 0 Å². The summed E-state index contributed by atoms with van der Waals surface area (Å²) in [5.41, 5.74) is -0.483. The molecule has 0 amide bonds. The predicted octanol–water partition coefficient (Wildman–Crippen LogP) is 0.524. The minimum absolute atomic E-state index is 0.268. The first-order valence-electron chi connectivity index (χ1n) is 5.66. The van der Waals surface area contributed by atoms with Crippen molar-refractivity contribution in [2.75, 3.05) is 20.0 Å². The summed E-state index contributed by atoms with van der Waals surface area (Å²) in [6.45, 7) is 1.82. The van der Waals surface area contributed by atoms with E-state index in [-0.39, 0.29) is 13.2 Å². The average molecular weight is 254 g/mol. The van der Waals surface area contributed by atoms with Crippen LogP contribution < -0.4 is 4.74 Å². The van der Waals surface area contributed by atoms with Gasteiger partial charge in [-0.2, -0.15) is 0 Å². The number of ether oxygens (including phenoxy) is 2. The van der Waals surface area contributed by atoms with Crippen LogP contribution in [-0.2, 0) is 16.0 Å². The third kappa shape index (κ3) is 5.27. The smallest absolute Gasteiger partial charge is 0.151 e. The predicted molar refractivity (Wildman–Crippen MR) is 65.4 cm³/mol. The van der Waals surface area contributed by atoms with Gasteiger partial charge >= 0.3 is 0 Å². The van der Waals surface area contributed by atoms with Crippen molar-refractivity contribution in [3.8, 4) is 5.75 Å². The van der Waals surface area contributed by atoms with Gasteiger partial charge in [0.15, 0.2) is 6.29 Å². The first-order valence-corrected chi connectivity index (χ1v) is 5.66. The zero-order chi connectivity index (χ0) is 13.4. The van der Waals surface area contributed by atoms with Crippen LogP contribution in [0.15, 0.2) is 24.3 Å². The number of hydrogen-bond acceptors (Lipinski definition) is 5. The number of hydrogen-bond donors (Lipinski definition) is 2. The first kappa shape index (κ1) is 14.6. The Bertz CT molecular complexity index is 358. The molecule has 1 atom stereocenters. The Kier molecular flexibility index (Phi) is 5.77. The van der Waals surface area contributed by atoms with E-state index in [0.29, 0.717) is 25.2 Å². The lowest BCUT2D eigenvalue weighted by Gasteiger charge is -2.15. The first-order chi connectivity index (χ1) is 8.57. The molecular formula is C13H18O5. The number of benzene rings is 1. The van der Waals surface area contributed by atoms with Crippen molar-refractivity contribution in [3.63, 3.8) is 0 Å². The highest BCUT2D eigenvalue weighted by molar-refractivity contribution is 5.62. The molecule has 0 spiro atoms. The maximum atomic E-state index is 10.6. The summed E-state index contributed by atoms with van der Waals surface area (Å²) in [7, 11) is 0. The summed E-state index contributed by atoms with van der Waals surface area (Å²) < 4.78 is 10.1. The molecule has 2 N–H and O–H groups in total. The van der Waals surface area contributed by atoms with E-state index in [9.17, 15) is 9.90 Å². The zero-order valence-electron chi connectivity index (χ0n) is 10.3. The molecule has 0 aromatic heterocycles. The number of rotatable bonds is 8. The number of aldehydes is 1. The van der Waals surface area contributed by atoms with E-state index in [1.807, 2.05) is 0 Å². The van der Waals surface area contributed by atoms with E-state index < -0.39 is 5.60 Å². The maximum Gasteiger partial charge on any atom is 0.151 e. The molecule has 1 unspecified atom stereocenters. The molecule has 1 aromatic carbocycles. The molecule has 1 aromatic rings. The van der Waals surface area contributed by atoms with Gasteiger partial charge in [0, 0.05) is 6.42 Å². The Morgan fingerprint density at radius 1 is 1.28 bits per heavy atom. The molecule has 1 rings (SSSR count). The van der Waals surface area contributed by atoms with Crippen LogP contribution >= 0.6 is 0 Å². The van der Waals surface area contributed by atoms with Crippen LogP contribution in [0.2, 0.25) is 0 Å². The lowest BCUT2D eigenvalue weighted by molar-refractivity contribution is -0.122. The molecule has 0 heterocycles. The second-order valence-electron chi connectivity index (χ2n) is 4.18. The van der Waals surface area contributed by atoms with Gasteiger partial charge in [-0.05, 0) is 24.6 Å². The summed E-state index contributed by atoms with van der Waals surface area (Å²) in [5, 5.41) is 18.0. The van der Waals surface area contributed by atoms with Crippen molar-refractivity contribution in [3.05, 3.63) is 29.8 Å². The second kappa shape index (κ2) is 7.10. The molecule has 0 fully saturated rings. The molecule has 100 valence electrons. The fraction of sp³-hybridized carbons (Fsp3) is 0.462. The molecule has 0 aliphatic rings. The maximum absolute atomic E-state index is 10.6. The summed E-state index contributed by atoms with van der Waals surface area (Å²) >= 11 is 0. The third-order valence-corrected chi connectivity index (χ3v) is 2.33. The largest absolute Gasteiger partial charge is 0.491 e. The quantitative estimate of drug-likeness (QED) is 0.402. The molecule has 0 saturated carbocycles. The molecule has 5 nitrogen and oxygen atoms in total. The van der Waals surface area contributed by atoms with E-state index in [1.165, 1.54) is 6.92 Å². The van der Waals surface area contributed by atoms with Crippen molar-refractivity contribution >= 4 is 6.29 Å². The van der Waals surface area contributed by atoms with Gasteiger partial charge in [-0.15, -0.1) is 0 Å². The summed E-state index contributed by atoms with van der Waals surface area (Å²) in [6, 6.07) is 7.10. The highest BCUT2D eigenvalue weighted by Crippen LogP contribution is 2.16. The number of carbonyl (C=O) groups is 1. The Morgan fingerprint density at radius 2 is 1.94 bits per heavy atom. The van der Waals surface area contributed by atoms with Gasteiger partial charge in [-0.1, -0.05) is 12.1 Å². The van der Waals surface area contributed by atoms with Crippen molar-refractivity contribution in [2.45, 2.75) is 18.9 Å².